The smallest absolute Gasteiger partial charge is 0.304 e. The van der Waals surface area contributed by atoms with E-state index in [1.165, 1.54) is 40.0 Å². The molecule has 29 heavy (non-hydrogen) atoms. The van der Waals surface area contributed by atoms with Crippen molar-refractivity contribution < 1.29 is 22.6 Å². The van der Waals surface area contributed by atoms with Crippen molar-refractivity contribution in [3.63, 3.8) is 0 Å². The Morgan fingerprint density at radius 2 is 1.83 bits per heavy atom. The van der Waals surface area contributed by atoms with Crippen LogP contribution in [0.2, 0.25) is 0 Å². The molecule has 8 heteroatoms. The van der Waals surface area contributed by atoms with E-state index in [0.717, 1.165) is 5.56 Å². The molecule has 0 aliphatic carbocycles. The number of aromatic nitrogens is 1. The van der Waals surface area contributed by atoms with Gasteiger partial charge in [0.2, 0.25) is 5.88 Å². The van der Waals surface area contributed by atoms with Crippen molar-refractivity contribution in [1.29, 1.82) is 0 Å². The normalized spacial score (nSPS) is 23.2. The number of ether oxygens (including phenoxy) is 2. The molecule has 1 aliphatic heterocycles. The lowest BCUT2D eigenvalue weighted by atomic mass is 9.77. The largest absolute Gasteiger partial charge is 0.481 e. The highest BCUT2D eigenvalue weighted by molar-refractivity contribution is 5.82. The molecule has 1 atom stereocenters. The molecule has 0 amide bonds. The molecule has 0 saturated carbocycles. The molecular formula is C21H24F3N3O2. The number of aliphatic imine (C=N–C) groups is 1. The van der Waals surface area contributed by atoms with E-state index >= 15 is 8.78 Å². The first kappa shape index (κ1) is 21.1. The quantitative estimate of drug-likeness (QED) is 0.836. The molecule has 2 N–H and O–H groups in total. The van der Waals surface area contributed by atoms with Gasteiger partial charge in [-0.25, -0.2) is 18.2 Å². The van der Waals surface area contributed by atoms with Crippen molar-refractivity contribution in [2.75, 3.05) is 13.7 Å². The van der Waals surface area contributed by atoms with Crippen LogP contribution in [0.25, 0.3) is 0 Å². The second-order valence-electron chi connectivity index (χ2n) is 7.75. The molecule has 0 saturated heterocycles. The summed E-state index contributed by atoms with van der Waals surface area (Å²) in [6.45, 7) is 3.44. The zero-order chi connectivity index (χ0) is 21.4. The lowest BCUT2D eigenvalue weighted by Crippen LogP contribution is -2.56. The Kier molecular flexibility index (Phi) is 5.34. The van der Waals surface area contributed by atoms with Gasteiger partial charge in [-0.15, -0.1) is 0 Å². The van der Waals surface area contributed by atoms with Crippen molar-refractivity contribution >= 4 is 5.84 Å². The van der Waals surface area contributed by atoms with E-state index in [-0.39, 0.29) is 18.0 Å². The van der Waals surface area contributed by atoms with Gasteiger partial charge >= 0.3 is 5.92 Å². The summed E-state index contributed by atoms with van der Waals surface area (Å²) in [6.07, 6.45) is 2.00. The van der Waals surface area contributed by atoms with Crippen molar-refractivity contribution in [1.82, 2.24) is 4.98 Å². The molecule has 2 heterocycles. The van der Waals surface area contributed by atoms with Crippen LogP contribution in [-0.2, 0) is 16.7 Å². The molecule has 0 bridgehead atoms. The number of alkyl halides is 2. The Balaban J connectivity index is 2.06. The topological polar surface area (TPSA) is 69.7 Å². The molecule has 1 aliphatic rings. The molecule has 0 fully saturated rings. The maximum absolute atomic E-state index is 15.5. The summed E-state index contributed by atoms with van der Waals surface area (Å²) in [5.41, 5.74) is 2.89. The lowest BCUT2D eigenvalue weighted by Gasteiger charge is -2.42. The van der Waals surface area contributed by atoms with Crippen LogP contribution in [-0.4, -0.2) is 36.1 Å². The molecule has 1 aromatic heterocycles. The minimum Gasteiger partial charge on any atom is -0.481 e. The van der Waals surface area contributed by atoms with Crippen molar-refractivity contribution in [2.45, 2.75) is 44.3 Å². The molecule has 3 rings (SSSR count). The summed E-state index contributed by atoms with van der Waals surface area (Å²) < 4.78 is 56.1. The second kappa shape index (κ2) is 7.33. The first-order chi connectivity index (χ1) is 13.5. The van der Waals surface area contributed by atoms with Crippen LogP contribution in [0.15, 0.2) is 41.5 Å². The van der Waals surface area contributed by atoms with Crippen LogP contribution >= 0.6 is 0 Å². The third kappa shape index (κ3) is 3.69. The number of hydrogen-bond acceptors (Lipinski definition) is 5. The summed E-state index contributed by atoms with van der Waals surface area (Å²) >= 11 is 0. The van der Waals surface area contributed by atoms with Gasteiger partial charge in [-0.3, -0.25) is 4.99 Å². The fraction of sp³-hybridized carbons (Fsp3) is 0.429. The van der Waals surface area contributed by atoms with Crippen LogP contribution in [0.3, 0.4) is 0 Å². The van der Waals surface area contributed by atoms with E-state index < -0.39 is 22.9 Å². The molecule has 1 aromatic carbocycles. The average Bonchev–Trinajstić information content (AvgIpc) is 2.73. The van der Waals surface area contributed by atoms with E-state index in [0.29, 0.717) is 17.9 Å². The predicted octanol–water partition coefficient (Wildman–Crippen LogP) is 3.84. The number of halogens is 3. The Bertz CT molecular complexity index is 929. The maximum atomic E-state index is 15.5. The molecule has 0 radical (unpaired) electrons. The van der Waals surface area contributed by atoms with Gasteiger partial charge < -0.3 is 15.2 Å². The number of pyridine rings is 1. The van der Waals surface area contributed by atoms with E-state index in [2.05, 4.69) is 9.98 Å². The number of methoxy groups -OCH3 is 1. The average molecular weight is 407 g/mol. The molecule has 5 nitrogen and oxygen atoms in total. The third-order valence-corrected chi connectivity index (χ3v) is 5.29. The van der Waals surface area contributed by atoms with Gasteiger partial charge in [0.1, 0.15) is 23.9 Å². The van der Waals surface area contributed by atoms with Gasteiger partial charge in [-0.2, -0.15) is 0 Å². The van der Waals surface area contributed by atoms with E-state index in [1.54, 1.807) is 18.3 Å². The lowest BCUT2D eigenvalue weighted by molar-refractivity contribution is -0.214. The molecular weight excluding hydrogens is 383 g/mol. The number of benzene rings is 1. The zero-order valence-electron chi connectivity index (χ0n) is 16.8. The monoisotopic (exact) mass is 407 g/mol. The van der Waals surface area contributed by atoms with Crippen molar-refractivity contribution in [3.05, 3.63) is 59.0 Å². The van der Waals surface area contributed by atoms with E-state index in [9.17, 15) is 4.39 Å². The van der Waals surface area contributed by atoms with Crippen LogP contribution in [0, 0.1) is 5.82 Å². The second-order valence-corrected chi connectivity index (χ2v) is 7.75. The van der Waals surface area contributed by atoms with Crippen LogP contribution in [0.5, 0.6) is 5.88 Å². The van der Waals surface area contributed by atoms with Crippen LogP contribution in [0.4, 0.5) is 13.2 Å². The number of amidine groups is 1. The third-order valence-electron chi connectivity index (χ3n) is 5.29. The number of nitrogens with two attached hydrogens (primary N) is 1. The van der Waals surface area contributed by atoms with Gasteiger partial charge in [0, 0.05) is 17.8 Å². The standard InChI is InChI=1S/C21H24F3N3O2/c1-19(2)21(23,24)20(3,27-17(25)12-29-19)15-10-13(5-7-16(15)22)9-14-6-8-18(28-4)26-11-14/h5-8,10-11H,9,12H2,1-4H3,(H2,25,27)/t20-/m1/s1. The van der Waals surface area contributed by atoms with Crippen LogP contribution in [0.1, 0.15) is 37.5 Å². The number of rotatable bonds is 4. The van der Waals surface area contributed by atoms with Gasteiger partial charge in [-0.05, 0) is 50.5 Å². The molecule has 0 unspecified atom stereocenters. The zero-order valence-corrected chi connectivity index (χ0v) is 16.8. The molecule has 2 aromatic rings. The Labute approximate surface area is 167 Å². The van der Waals surface area contributed by atoms with Gasteiger partial charge in [0.25, 0.3) is 0 Å². The minimum atomic E-state index is -3.53. The predicted molar refractivity (Wildman–Crippen MR) is 104 cm³/mol. The van der Waals surface area contributed by atoms with Crippen molar-refractivity contribution in [3.8, 4) is 5.88 Å². The van der Waals surface area contributed by atoms with Crippen molar-refractivity contribution in [2.24, 2.45) is 10.7 Å². The number of hydrogen-bond donors (Lipinski definition) is 1. The summed E-state index contributed by atoms with van der Waals surface area (Å²) in [5.74, 6) is -3.95. The molecule has 0 spiro atoms. The summed E-state index contributed by atoms with van der Waals surface area (Å²) in [5, 5.41) is 0. The minimum absolute atomic E-state index is 0.109. The number of nitrogens with zero attached hydrogens (tertiary/aromatic N) is 2. The Morgan fingerprint density at radius 1 is 1.14 bits per heavy atom. The first-order valence-corrected chi connectivity index (χ1v) is 9.14. The fourth-order valence-electron chi connectivity index (χ4n) is 3.48. The van der Waals surface area contributed by atoms with Gasteiger partial charge in [0.15, 0.2) is 5.54 Å². The van der Waals surface area contributed by atoms with Gasteiger partial charge in [-0.1, -0.05) is 12.1 Å². The summed E-state index contributed by atoms with van der Waals surface area (Å²) in [4.78, 5) is 8.14. The fourth-order valence-corrected chi connectivity index (χ4v) is 3.48. The highest BCUT2D eigenvalue weighted by atomic mass is 19.3. The highest BCUT2D eigenvalue weighted by Gasteiger charge is 2.63. The van der Waals surface area contributed by atoms with E-state index in [1.807, 2.05) is 6.07 Å². The summed E-state index contributed by atoms with van der Waals surface area (Å²) in [6, 6.07) is 7.64. The van der Waals surface area contributed by atoms with Crippen LogP contribution < -0.4 is 10.5 Å². The molecule has 156 valence electrons. The van der Waals surface area contributed by atoms with E-state index in [4.69, 9.17) is 15.2 Å². The van der Waals surface area contributed by atoms with Gasteiger partial charge in [0.05, 0.1) is 7.11 Å². The highest BCUT2D eigenvalue weighted by Crippen LogP contribution is 2.50. The summed E-state index contributed by atoms with van der Waals surface area (Å²) in [7, 11) is 1.51. The Hall–Kier alpha value is -2.61. The Morgan fingerprint density at radius 3 is 2.45 bits per heavy atom. The first-order valence-electron chi connectivity index (χ1n) is 9.14. The SMILES string of the molecule is COc1ccc(Cc2ccc(F)c([C@@]3(C)N=C(N)COC(C)(C)C3(F)F)c2)cn1. The maximum Gasteiger partial charge on any atom is 0.304 e.